The molecule has 1 heterocycles. The van der Waals surface area contributed by atoms with Crippen molar-refractivity contribution >= 4 is 42.1 Å². The molecular weight excluding hydrogens is 235 g/mol. The Bertz CT molecular complexity index is 267. The molecule has 0 saturated heterocycles. The molecule has 13 heavy (non-hydrogen) atoms. The molecule has 0 aromatic carbocycles. The molecule has 0 amide bonds. The van der Waals surface area contributed by atoms with Gasteiger partial charge in [0.2, 0.25) is 0 Å². The molecule has 0 bridgehead atoms. The van der Waals surface area contributed by atoms with Crippen molar-refractivity contribution in [3.63, 3.8) is 0 Å². The largest absolute Gasteiger partial charge is 0.464 e. The van der Waals surface area contributed by atoms with Crippen molar-refractivity contribution in [3.8, 4) is 0 Å². The van der Waals surface area contributed by atoms with Crippen LogP contribution in [0.4, 0.5) is 0 Å². The summed E-state index contributed by atoms with van der Waals surface area (Å²) in [6.07, 6.45) is 0. The van der Waals surface area contributed by atoms with E-state index < -0.39 is 5.97 Å². The molecule has 1 aromatic heterocycles. The zero-order valence-corrected chi connectivity index (χ0v) is 9.30. The maximum atomic E-state index is 10.8. The molecule has 0 aliphatic carbocycles. The van der Waals surface area contributed by atoms with E-state index in [0.717, 1.165) is 5.01 Å². The van der Waals surface area contributed by atoms with Crippen LogP contribution in [0.15, 0.2) is 5.38 Å². The Balaban J connectivity index is 0. The summed E-state index contributed by atoms with van der Waals surface area (Å²) in [6.45, 7) is 0.363. The van der Waals surface area contributed by atoms with Crippen molar-refractivity contribution in [2.75, 3.05) is 7.11 Å². The molecule has 0 aliphatic rings. The first kappa shape index (κ1) is 15.1. The molecule has 0 spiro atoms. The van der Waals surface area contributed by atoms with Crippen LogP contribution in [0, 0.1) is 0 Å². The van der Waals surface area contributed by atoms with Crippen LogP contribution in [0.3, 0.4) is 0 Å². The first-order valence-corrected chi connectivity index (χ1v) is 3.88. The number of rotatable bonds is 2. The van der Waals surface area contributed by atoms with Gasteiger partial charge in [-0.1, -0.05) is 0 Å². The van der Waals surface area contributed by atoms with E-state index in [2.05, 4.69) is 9.72 Å². The summed E-state index contributed by atoms with van der Waals surface area (Å²) in [5.41, 5.74) is 5.63. The molecule has 0 fully saturated rings. The molecule has 0 aliphatic heterocycles. The predicted octanol–water partition coefficient (Wildman–Crippen LogP) is 1.23. The molecule has 7 heteroatoms. The number of esters is 1. The Morgan fingerprint density at radius 2 is 2.31 bits per heavy atom. The standard InChI is InChI=1S/C6H8N2O2S.2ClH/c1-10-6(9)4-3-11-5(2-7)8-4;;/h3H,2,7H2,1H3;2*1H. The van der Waals surface area contributed by atoms with Gasteiger partial charge in [-0.15, -0.1) is 36.2 Å². The third-order valence-corrected chi connectivity index (χ3v) is 1.99. The van der Waals surface area contributed by atoms with Gasteiger partial charge in [0.25, 0.3) is 0 Å². The summed E-state index contributed by atoms with van der Waals surface area (Å²) in [4.78, 5) is 14.7. The van der Waals surface area contributed by atoms with Gasteiger partial charge in [-0.2, -0.15) is 0 Å². The highest BCUT2D eigenvalue weighted by atomic mass is 35.5. The molecule has 0 radical (unpaired) electrons. The van der Waals surface area contributed by atoms with Crippen molar-refractivity contribution in [1.82, 2.24) is 4.98 Å². The van der Waals surface area contributed by atoms with Gasteiger partial charge in [0.15, 0.2) is 5.69 Å². The lowest BCUT2D eigenvalue weighted by Crippen LogP contribution is -2.02. The van der Waals surface area contributed by atoms with E-state index in [1.807, 2.05) is 0 Å². The smallest absolute Gasteiger partial charge is 0.357 e. The van der Waals surface area contributed by atoms with E-state index in [9.17, 15) is 4.79 Å². The minimum Gasteiger partial charge on any atom is -0.464 e. The zero-order chi connectivity index (χ0) is 8.27. The number of thiazole rings is 1. The van der Waals surface area contributed by atoms with Gasteiger partial charge in [0, 0.05) is 11.9 Å². The van der Waals surface area contributed by atoms with E-state index >= 15 is 0 Å². The zero-order valence-electron chi connectivity index (χ0n) is 6.85. The molecule has 2 N–H and O–H groups in total. The third-order valence-electron chi connectivity index (χ3n) is 1.12. The topological polar surface area (TPSA) is 65.2 Å². The number of aromatic nitrogens is 1. The van der Waals surface area contributed by atoms with Crippen molar-refractivity contribution < 1.29 is 9.53 Å². The molecular formula is C6H10Cl2N2O2S. The highest BCUT2D eigenvalue weighted by molar-refractivity contribution is 7.09. The second-order valence-electron chi connectivity index (χ2n) is 1.82. The maximum absolute atomic E-state index is 10.8. The molecule has 1 aromatic rings. The normalized spacial score (nSPS) is 8.15. The average Bonchev–Trinajstić information content (AvgIpc) is 2.50. The highest BCUT2D eigenvalue weighted by Crippen LogP contribution is 2.09. The fraction of sp³-hybridized carbons (Fsp3) is 0.333. The molecule has 0 unspecified atom stereocenters. The Morgan fingerprint density at radius 1 is 1.69 bits per heavy atom. The maximum Gasteiger partial charge on any atom is 0.357 e. The van der Waals surface area contributed by atoms with Crippen LogP contribution < -0.4 is 5.73 Å². The van der Waals surface area contributed by atoms with Crippen LogP contribution in [-0.2, 0) is 11.3 Å². The van der Waals surface area contributed by atoms with Crippen molar-refractivity contribution in [3.05, 3.63) is 16.1 Å². The van der Waals surface area contributed by atoms with Gasteiger partial charge in [-0.3, -0.25) is 0 Å². The average molecular weight is 245 g/mol. The summed E-state index contributed by atoms with van der Waals surface area (Å²) >= 11 is 1.36. The van der Waals surface area contributed by atoms with Crippen LogP contribution in [0.25, 0.3) is 0 Å². The number of methoxy groups -OCH3 is 1. The van der Waals surface area contributed by atoms with E-state index in [1.54, 1.807) is 5.38 Å². The number of nitrogens with two attached hydrogens (primary N) is 1. The van der Waals surface area contributed by atoms with Crippen molar-refractivity contribution in [2.24, 2.45) is 5.73 Å². The molecule has 0 atom stereocenters. The van der Waals surface area contributed by atoms with E-state index in [4.69, 9.17) is 5.73 Å². The fourth-order valence-corrected chi connectivity index (χ4v) is 1.25. The fourth-order valence-electron chi connectivity index (χ4n) is 0.603. The van der Waals surface area contributed by atoms with Crippen LogP contribution in [0.2, 0.25) is 0 Å². The first-order chi connectivity index (χ1) is 5.27. The first-order valence-electron chi connectivity index (χ1n) is 3.00. The Morgan fingerprint density at radius 3 is 2.69 bits per heavy atom. The number of ether oxygens (including phenoxy) is 1. The number of hydrogen-bond acceptors (Lipinski definition) is 5. The number of carbonyl (C=O) groups excluding carboxylic acids is 1. The predicted molar refractivity (Wildman–Crippen MR) is 55.8 cm³/mol. The van der Waals surface area contributed by atoms with Gasteiger partial charge in [-0.05, 0) is 0 Å². The van der Waals surface area contributed by atoms with Gasteiger partial charge in [0.05, 0.1) is 7.11 Å². The number of carbonyl (C=O) groups is 1. The lowest BCUT2D eigenvalue weighted by atomic mass is 10.5. The van der Waals surface area contributed by atoms with E-state index in [-0.39, 0.29) is 24.8 Å². The summed E-state index contributed by atoms with van der Waals surface area (Å²) in [7, 11) is 1.32. The molecule has 0 saturated carbocycles. The third kappa shape index (κ3) is 3.91. The molecule has 4 nitrogen and oxygen atoms in total. The molecule has 76 valence electrons. The van der Waals surface area contributed by atoms with Crippen LogP contribution in [0.1, 0.15) is 15.5 Å². The Kier molecular flexibility index (Phi) is 8.24. The van der Waals surface area contributed by atoms with E-state index in [0.29, 0.717) is 12.2 Å². The van der Waals surface area contributed by atoms with Crippen molar-refractivity contribution in [1.29, 1.82) is 0 Å². The lowest BCUT2D eigenvalue weighted by Gasteiger charge is -1.90. The summed E-state index contributed by atoms with van der Waals surface area (Å²) in [5, 5.41) is 2.37. The minimum atomic E-state index is -0.416. The van der Waals surface area contributed by atoms with Gasteiger partial charge >= 0.3 is 5.97 Å². The monoisotopic (exact) mass is 244 g/mol. The SMILES string of the molecule is COC(=O)c1csc(CN)n1.Cl.Cl. The molecule has 1 rings (SSSR count). The Hall–Kier alpha value is -0.360. The van der Waals surface area contributed by atoms with E-state index in [1.165, 1.54) is 18.4 Å². The number of nitrogens with zero attached hydrogens (tertiary/aromatic N) is 1. The highest BCUT2D eigenvalue weighted by Gasteiger charge is 2.08. The number of hydrogen-bond donors (Lipinski definition) is 1. The summed E-state index contributed by atoms with van der Waals surface area (Å²) in [5.74, 6) is -0.416. The van der Waals surface area contributed by atoms with Crippen LogP contribution in [0.5, 0.6) is 0 Å². The van der Waals surface area contributed by atoms with Crippen LogP contribution in [-0.4, -0.2) is 18.1 Å². The second-order valence-corrected chi connectivity index (χ2v) is 2.76. The van der Waals surface area contributed by atoms with Gasteiger partial charge in [-0.25, -0.2) is 9.78 Å². The minimum absolute atomic E-state index is 0. The van der Waals surface area contributed by atoms with Crippen molar-refractivity contribution in [2.45, 2.75) is 6.54 Å². The summed E-state index contributed by atoms with van der Waals surface area (Å²) in [6, 6.07) is 0. The summed E-state index contributed by atoms with van der Waals surface area (Å²) < 4.78 is 4.46. The number of halogens is 2. The van der Waals surface area contributed by atoms with Gasteiger partial charge < -0.3 is 10.5 Å². The lowest BCUT2D eigenvalue weighted by molar-refractivity contribution is 0.0595. The van der Waals surface area contributed by atoms with Crippen LogP contribution >= 0.6 is 36.2 Å². The quantitative estimate of drug-likeness (QED) is 0.796. The second kappa shape index (κ2) is 7.08. The van der Waals surface area contributed by atoms with Gasteiger partial charge in [0.1, 0.15) is 5.01 Å². The Labute approximate surface area is 92.3 Å².